The van der Waals surface area contributed by atoms with Crippen molar-refractivity contribution in [1.29, 1.82) is 0 Å². The molecule has 16 heteroatoms. The van der Waals surface area contributed by atoms with E-state index < -0.39 is 17.8 Å². The molecule has 15 nitrogen and oxygen atoms in total. The van der Waals surface area contributed by atoms with Gasteiger partial charge in [-0.05, 0) is 117 Å². The van der Waals surface area contributed by atoms with E-state index in [2.05, 4.69) is 20.9 Å². The fraction of sp³-hybridized carbons (Fsp3) is 0.420. The van der Waals surface area contributed by atoms with Crippen LogP contribution in [0.3, 0.4) is 0 Å². The number of benzene rings is 3. The molecular formula is C50H62FN5O10. The first-order valence-corrected chi connectivity index (χ1v) is 22.5. The number of fused-ring (bicyclic) bond motifs is 4. The molecule has 2 aliphatic rings. The lowest BCUT2D eigenvalue weighted by Crippen LogP contribution is -2.39. The number of amides is 4. The van der Waals surface area contributed by atoms with Crippen molar-refractivity contribution in [3.63, 3.8) is 0 Å². The molecule has 1 aliphatic heterocycles. The normalized spacial score (nSPS) is 14.6. The average molecular weight is 912 g/mol. The lowest BCUT2D eigenvalue weighted by Gasteiger charge is -2.22. The maximum absolute atomic E-state index is 14.0. The Morgan fingerprint density at radius 3 is 2.36 bits per heavy atom. The molecule has 0 saturated carbocycles. The summed E-state index contributed by atoms with van der Waals surface area (Å²) in [6.07, 6.45) is 2.94. The Labute approximate surface area is 385 Å². The zero-order valence-electron chi connectivity index (χ0n) is 38.3. The van der Waals surface area contributed by atoms with Crippen molar-refractivity contribution < 1.29 is 53.8 Å². The van der Waals surface area contributed by atoms with Crippen LogP contribution in [0.25, 0.3) is 22.8 Å². The predicted molar refractivity (Wildman–Crippen MR) is 250 cm³/mol. The Hall–Kier alpha value is -6.20. The van der Waals surface area contributed by atoms with Gasteiger partial charge in [0.2, 0.25) is 0 Å². The van der Waals surface area contributed by atoms with Crippen LogP contribution in [-0.2, 0) is 23.7 Å². The summed E-state index contributed by atoms with van der Waals surface area (Å²) in [5.74, 6) is -2.06. The van der Waals surface area contributed by atoms with Gasteiger partial charge >= 0.3 is 6.09 Å². The van der Waals surface area contributed by atoms with E-state index in [1.807, 2.05) is 25.1 Å². The summed E-state index contributed by atoms with van der Waals surface area (Å²) in [6.45, 7) is 9.84. The molecular weight excluding hydrogens is 850 g/mol. The van der Waals surface area contributed by atoms with Crippen molar-refractivity contribution in [1.82, 2.24) is 20.5 Å². The molecule has 1 aliphatic carbocycles. The number of anilines is 1. The van der Waals surface area contributed by atoms with Crippen LogP contribution in [0.1, 0.15) is 112 Å². The number of methoxy groups -OCH3 is 1. The summed E-state index contributed by atoms with van der Waals surface area (Å²) in [7, 11) is 1.63. The number of aliphatic hydroxyl groups excluding tert-OH is 1. The molecule has 0 saturated heterocycles. The lowest BCUT2D eigenvalue weighted by atomic mass is 9.94. The minimum atomic E-state index is -0.599. The Balaban J connectivity index is 0.00000840. The highest BCUT2D eigenvalue weighted by molar-refractivity contribution is 6.35. The number of Topliss-reactive ketones (excluding diaryl/α,β-unsaturated/α-hetero) is 1. The Bertz CT molecular complexity index is 2460. The number of carbonyl (C=O) groups is 5. The van der Waals surface area contributed by atoms with Crippen molar-refractivity contribution in [2.24, 2.45) is 0 Å². The van der Waals surface area contributed by atoms with E-state index in [4.69, 9.17) is 24.1 Å². The fourth-order valence-electron chi connectivity index (χ4n) is 8.25. The summed E-state index contributed by atoms with van der Waals surface area (Å²) in [5, 5.41) is 17.7. The van der Waals surface area contributed by atoms with Crippen molar-refractivity contribution in [2.75, 3.05) is 78.2 Å². The molecule has 2 atom stereocenters. The van der Waals surface area contributed by atoms with Crippen LogP contribution >= 0.6 is 0 Å². The van der Waals surface area contributed by atoms with Crippen LogP contribution in [0, 0.1) is 19.7 Å². The highest BCUT2D eigenvalue weighted by Gasteiger charge is 2.32. The number of nitrogens with one attached hydrogen (secondary N) is 4. The van der Waals surface area contributed by atoms with E-state index in [1.54, 1.807) is 52.2 Å². The maximum atomic E-state index is 14.0. The van der Waals surface area contributed by atoms with Gasteiger partial charge in [0.15, 0.2) is 5.78 Å². The topological polar surface area (TPSA) is 198 Å². The summed E-state index contributed by atoms with van der Waals surface area (Å²) < 4.78 is 36.4. The Morgan fingerprint density at radius 1 is 0.909 bits per heavy atom. The number of carbonyl (C=O) groups excluding carboxylic acids is 5. The molecule has 66 heavy (non-hydrogen) atoms. The number of aromatic nitrogens is 1. The first-order valence-electron chi connectivity index (χ1n) is 22.5. The summed E-state index contributed by atoms with van der Waals surface area (Å²) >= 11 is 0. The van der Waals surface area contributed by atoms with Gasteiger partial charge in [0.05, 0.1) is 23.8 Å². The third-order valence-electron chi connectivity index (χ3n) is 11.8. The van der Waals surface area contributed by atoms with Crippen LogP contribution < -0.4 is 16.0 Å². The quantitative estimate of drug-likeness (QED) is 0.0276. The second-order valence-electron chi connectivity index (χ2n) is 16.4. The second kappa shape index (κ2) is 23.3. The van der Waals surface area contributed by atoms with Crippen LogP contribution in [0.4, 0.5) is 14.9 Å². The van der Waals surface area contributed by atoms with Gasteiger partial charge in [0.25, 0.3) is 17.7 Å². The van der Waals surface area contributed by atoms with Gasteiger partial charge in [-0.3, -0.25) is 19.2 Å². The number of hydrogen-bond acceptors (Lipinski definition) is 10. The third kappa shape index (κ3) is 12.0. The Kier molecular flexibility index (Phi) is 17.4. The molecule has 5 N–H and O–H groups in total. The largest absolute Gasteiger partial charge is 0.448 e. The van der Waals surface area contributed by atoms with Crippen molar-refractivity contribution in [2.45, 2.75) is 65.4 Å². The molecule has 2 unspecified atom stereocenters. The van der Waals surface area contributed by atoms with E-state index in [1.165, 1.54) is 23.1 Å². The molecule has 2 heterocycles. The molecule has 0 radical (unpaired) electrons. The third-order valence-corrected chi connectivity index (χ3v) is 11.8. The summed E-state index contributed by atoms with van der Waals surface area (Å²) in [5.41, 5.74) is 7.57. The summed E-state index contributed by atoms with van der Waals surface area (Å²) in [6, 6.07) is 15.0. The molecule has 3 aromatic carbocycles. The molecule has 0 bridgehead atoms. The number of rotatable bonds is 24. The number of aryl methyl sites for hydroxylation is 1. The molecule has 0 spiro atoms. The minimum Gasteiger partial charge on any atom is -0.448 e. The van der Waals surface area contributed by atoms with E-state index in [0.29, 0.717) is 90.7 Å². The number of nitrogens with zero attached hydrogens (tertiary/aromatic N) is 1. The van der Waals surface area contributed by atoms with E-state index in [9.17, 15) is 28.4 Å². The van der Waals surface area contributed by atoms with Crippen molar-refractivity contribution in [3.05, 3.63) is 111 Å². The number of ketones is 1. The number of ether oxygens (including phenoxy) is 4. The maximum Gasteiger partial charge on any atom is 0.409 e. The van der Waals surface area contributed by atoms with Crippen LogP contribution in [0.2, 0.25) is 0 Å². The Morgan fingerprint density at radius 2 is 1.64 bits per heavy atom. The highest BCUT2D eigenvalue weighted by atomic mass is 19.1. The van der Waals surface area contributed by atoms with Gasteiger partial charge in [-0.2, -0.15) is 0 Å². The number of halogens is 1. The minimum absolute atomic E-state index is 0. The van der Waals surface area contributed by atoms with Gasteiger partial charge in [-0.1, -0.05) is 18.2 Å². The first-order chi connectivity index (χ1) is 31.8. The van der Waals surface area contributed by atoms with E-state index in [-0.39, 0.29) is 75.9 Å². The number of likely N-dealkylation sites (N-methyl/N-ethyl adjacent to an activating group) is 1. The molecule has 1 aromatic heterocycles. The lowest BCUT2D eigenvalue weighted by molar-refractivity contribution is -0.110. The predicted octanol–water partition coefficient (Wildman–Crippen LogP) is 7.04. The van der Waals surface area contributed by atoms with Crippen LogP contribution in [-0.4, -0.2) is 124 Å². The van der Waals surface area contributed by atoms with E-state index >= 15 is 0 Å². The SMILES string of the molecule is CCN(CCNC(=O)c1c(C)[nH]c(/C=C2\C(=O)Nc3ccc(F)cc32)c1C)C(=O)OCC1c2cc(C(=O)CCCOC(C)CCO)ccc2-c2ccc(C(=O)NCCOCCCOC)cc21.[HH]. The van der Waals surface area contributed by atoms with Gasteiger partial charge in [-0.15, -0.1) is 0 Å². The summed E-state index contributed by atoms with van der Waals surface area (Å²) in [4.78, 5) is 71.3. The molecule has 354 valence electrons. The zero-order valence-corrected chi connectivity index (χ0v) is 38.3. The molecule has 0 fully saturated rings. The van der Waals surface area contributed by atoms with Crippen molar-refractivity contribution >= 4 is 46.9 Å². The standard InChI is InChI=1S/C50H60FN5O10.H2/c1-6-56(19-17-52-49(61)46-31(3)44(54-32(46)4)28-41-40-27-35(51)12-15-43(40)55-48(41)60)50(62)66-29-42-38-25-33(45(58)9-7-23-65-30(2)16-20-57)10-13-36(38)37-14-11-34(26-39(37)42)47(59)53-18-24-64-22-8-21-63-5;/h10-15,25-28,30,42,54,57H,6-9,16-24,29H2,1-5H3,(H,52,61)(H,53,59)(H,55,60);1H/b41-28-;. The number of hydrogen-bond donors (Lipinski definition) is 5. The van der Waals surface area contributed by atoms with Gasteiger partial charge in [0.1, 0.15) is 12.4 Å². The molecule has 4 amide bonds. The van der Waals surface area contributed by atoms with Crippen molar-refractivity contribution in [3.8, 4) is 11.1 Å². The molecule has 6 rings (SSSR count). The van der Waals surface area contributed by atoms with Gasteiger partial charge in [-0.25, -0.2) is 9.18 Å². The second-order valence-corrected chi connectivity index (χ2v) is 16.4. The van der Waals surface area contributed by atoms with Gasteiger partial charge in [0, 0.05) is 107 Å². The van der Waals surface area contributed by atoms with Crippen LogP contribution in [0.15, 0.2) is 54.6 Å². The highest BCUT2D eigenvalue weighted by Crippen LogP contribution is 2.46. The van der Waals surface area contributed by atoms with Crippen LogP contribution in [0.5, 0.6) is 0 Å². The monoisotopic (exact) mass is 911 g/mol. The zero-order chi connectivity index (χ0) is 47.3. The van der Waals surface area contributed by atoms with Gasteiger partial charge < -0.3 is 49.9 Å². The first kappa shape index (κ1) is 49.2. The number of aromatic amines is 1. The average Bonchev–Trinajstić information content (AvgIpc) is 3.90. The molecule has 4 aromatic rings. The smallest absolute Gasteiger partial charge is 0.409 e. The fourth-order valence-corrected chi connectivity index (χ4v) is 8.25. The van der Waals surface area contributed by atoms with E-state index in [0.717, 1.165) is 28.7 Å². The number of H-pyrrole nitrogens is 1. The number of aliphatic hydroxyl groups is 1.